The van der Waals surface area contributed by atoms with Crippen molar-refractivity contribution in [3.05, 3.63) is 60.2 Å². The molecule has 116 valence electrons. The molecule has 2 aromatic carbocycles. The van der Waals surface area contributed by atoms with Gasteiger partial charge in [0.25, 0.3) is 0 Å². The Kier molecular flexibility index (Phi) is 5.49. The maximum absolute atomic E-state index is 12.8. The van der Waals surface area contributed by atoms with Gasteiger partial charge in [0, 0.05) is 17.1 Å². The molecule has 0 aliphatic heterocycles. The summed E-state index contributed by atoms with van der Waals surface area (Å²) in [7, 11) is 0. The summed E-state index contributed by atoms with van der Waals surface area (Å²) in [4.78, 5) is 12.8. The fourth-order valence-corrected chi connectivity index (χ4v) is 2.70. The standard InChI is InChI=1S/C16H14F3NOS/c17-16(18,19)13-8-4-5-9-14(13)20-15(21)10-11-22-12-6-2-1-3-7-12/h1-9H,10-11H2,(H,20,21). The Balaban J connectivity index is 1.90. The summed E-state index contributed by atoms with van der Waals surface area (Å²) in [5, 5.41) is 2.33. The molecule has 1 amide bonds. The number of alkyl halides is 3. The van der Waals surface area contributed by atoms with Gasteiger partial charge in [-0.25, -0.2) is 0 Å². The molecule has 0 spiro atoms. The lowest BCUT2D eigenvalue weighted by atomic mass is 10.1. The summed E-state index contributed by atoms with van der Waals surface area (Å²) in [6, 6.07) is 14.5. The van der Waals surface area contributed by atoms with Crippen LogP contribution in [-0.2, 0) is 11.0 Å². The summed E-state index contributed by atoms with van der Waals surface area (Å²) < 4.78 is 38.5. The maximum Gasteiger partial charge on any atom is 0.418 e. The van der Waals surface area contributed by atoms with Crippen LogP contribution in [0.1, 0.15) is 12.0 Å². The highest BCUT2D eigenvalue weighted by Gasteiger charge is 2.33. The summed E-state index contributed by atoms with van der Waals surface area (Å²) in [5.41, 5.74) is -1.04. The summed E-state index contributed by atoms with van der Waals surface area (Å²) in [5.74, 6) is 0.0736. The number of halogens is 3. The molecule has 0 aliphatic carbocycles. The molecular weight excluding hydrogens is 311 g/mol. The van der Waals surface area contributed by atoms with Gasteiger partial charge >= 0.3 is 6.18 Å². The van der Waals surface area contributed by atoms with E-state index in [2.05, 4.69) is 5.32 Å². The van der Waals surface area contributed by atoms with Gasteiger partial charge in [0.1, 0.15) is 0 Å². The molecule has 0 radical (unpaired) electrons. The fraction of sp³-hybridized carbons (Fsp3) is 0.188. The van der Waals surface area contributed by atoms with E-state index in [-0.39, 0.29) is 12.1 Å². The average molecular weight is 325 g/mol. The van der Waals surface area contributed by atoms with Gasteiger partial charge in [-0.2, -0.15) is 13.2 Å². The lowest BCUT2D eigenvalue weighted by Gasteiger charge is -2.13. The summed E-state index contributed by atoms with van der Waals surface area (Å²) in [6.07, 6.45) is -4.34. The van der Waals surface area contributed by atoms with Crippen LogP contribution in [0.25, 0.3) is 0 Å². The van der Waals surface area contributed by atoms with Crippen LogP contribution in [0.15, 0.2) is 59.5 Å². The van der Waals surface area contributed by atoms with Crippen molar-refractivity contribution in [3.63, 3.8) is 0 Å². The topological polar surface area (TPSA) is 29.1 Å². The zero-order valence-electron chi connectivity index (χ0n) is 11.6. The number of hydrogen-bond donors (Lipinski definition) is 1. The van der Waals surface area contributed by atoms with Gasteiger partial charge in [0.2, 0.25) is 5.91 Å². The molecule has 0 saturated carbocycles. The number of carbonyl (C=O) groups excluding carboxylic acids is 1. The fourth-order valence-electron chi connectivity index (χ4n) is 1.83. The van der Waals surface area contributed by atoms with E-state index in [9.17, 15) is 18.0 Å². The van der Waals surface area contributed by atoms with Crippen LogP contribution in [0.3, 0.4) is 0 Å². The Hall–Kier alpha value is -1.95. The SMILES string of the molecule is O=C(CCSc1ccccc1)Nc1ccccc1C(F)(F)F. The Morgan fingerprint density at radius 1 is 1.00 bits per heavy atom. The smallest absolute Gasteiger partial charge is 0.325 e. The first kappa shape index (κ1) is 16.4. The van der Waals surface area contributed by atoms with Crippen LogP contribution >= 0.6 is 11.8 Å². The van der Waals surface area contributed by atoms with Crippen LogP contribution in [0.5, 0.6) is 0 Å². The summed E-state index contributed by atoms with van der Waals surface area (Å²) in [6.45, 7) is 0. The number of rotatable bonds is 5. The second kappa shape index (κ2) is 7.35. The highest BCUT2D eigenvalue weighted by atomic mass is 32.2. The molecule has 2 rings (SSSR count). The minimum absolute atomic E-state index is 0.145. The Labute approximate surface area is 130 Å². The van der Waals surface area contributed by atoms with Gasteiger partial charge < -0.3 is 5.32 Å². The predicted octanol–water partition coefficient (Wildman–Crippen LogP) is 4.83. The van der Waals surface area contributed by atoms with Gasteiger partial charge in [0.15, 0.2) is 0 Å². The van der Waals surface area contributed by atoms with Gasteiger partial charge in [-0.05, 0) is 24.3 Å². The van der Waals surface area contributed by atoms with Crippen molar-refractivity contribution in [1.29, 1.82) is 0 Å². The number of benzene rings is 2. The lowest BCUT2D eigenvalue weighted by Crippen LogP contribution is -2.16. The molecular formula is C16H14F3NOS. The van der Waals surface area contributed by atoms with Crippen LogP contribution in [0, 0.1) is 0 Å². The van der Waals surface area contributed by atoms with Crippen molar-refractivity contribution in [2.45, 2.75) is 17.5 Å². The predicted molar refractivity (Wildman–Crippen MR) is 81.9 cm³/mol. The normalized spacial score (nSPS) is 11.2. The van der Waals surface area contributed by atoms with Crippen LogP contribution in [-0.4, -0.2) is 11.7 Å². The molecule has 0 aliphatic rings. The third-order valence-corrected chi connectivity index (χ3v) is 3.86. The van der Waals surface area contributed by atoms with Crippen molar-refractivity contribution >= 4 is 23.4 Å². The highest BCUT2D eigenvalue weighted by molar-refractivity contribution is 7.99. The second-order valence-electron chi connectivity index (χ2n) is 4.50. The third kappa shape index (κ3) is 4.80. The summed E-state index contributed by atoms with van der Waals surface area (Å²) >= 11 is 1.49. The van der Waals surface area contributed by atoms with Crippen molar-refractivity contribution in [3.8, 4) is 0 Å². The van der Waals surface area contributed by atoms with E-state index in [0.717, 1.165) is 11.0 Å². The number of nitrogens with one attached hydrogen (secondary N) is 1. The van der Waals surface area contributed by atoms with Crippen molar-refractivity contribution in [2.24, 2.45) is 0 Å². The number of para-hydroxylation sites is 1. The molecule has 1 N–H and O–H groups in total. The first-order valence-corrected chi connectivity index (χ1v) is 7.59. The van der Waals surface area contributed by atoms with E-state index in [0.29, 0.717) is 5.75 Å². The molecule has 22 heavy (non-hydrogen) atoms. The molecule has 2 aromatic rings. The first-order chi connectivity index (χ1) is 10.5. The molecule has 0 unspecified atom stereocenters. The third-order valence-electron chi connectivity index (χ3n) is 2.85. The quantitative estimate of drug-likeness (QED) is 0.798. The zero-order valence-corrected chi connectivity index (χ0v) is 12.4. The van der Waals surface area contributed by atoms with E-state index in [1.165, 1.54) is 30.0 Å². The number of carbonyl (C=O) groups is 1. The van der Waals surface area contributed by atoms with Crippen LogP contribution < -0.4 is 5.32 Å². The van der Waals surface area contributed by atoms with Crippen molar-refractivity contribution in [1.82, 2.24) is 0 Å². The van der Waals surface area contributed by atoms with Gasteiger partial charge in [0.05, 0.1) is 11.3 Å². The Bertz CT molecular complexity index is 629. The molecule has 0 bridgehead atoms. The molecule has 0 fully saturated rings. The van der Waals surface area contributed by atoms with Crippen molar-refractivity contribution < 1.29 is 18.0 Å². The second-order valence-corrected chi connectivity index (χ2v) is 5.67. The van der Waals surface area contributed by atoms with E-state index in [1.807, 2.05) is 30.3 Å². The zero-order chi connectivity index (χ0) is 16.0. The Morgan fingerprint density at radius 3 is 2.32 bits per heavy atom. The number of anilines is 1. The monoisotopic (exact) mass is 325 g/mol. The number of amides is 1. The number of thioether (sulfide) groups is 1. The average Bonchev–Trinajstić information content (AvgIpc) is 2.48. The van der Waals surface area contributed by atoms with Crippen LogP contribution in [0.2, 0.25) is 0 Å². The molecule has 0 saturated heterocycles. The molecule has 0 aromatic heterocycles. The van der Waals surface area contributed by atoms with Gasteiger partial charge in [-0.15, -0.1) is 11.8 Å². The van der Waals surface area contributed by atoms with E-state index in [1.54, 1.807) is 0 Å². The van der Waals surface area contributed by atoms with Gasteiger partial charge in [-0.3, -0.25) is 4.79 Å². The molecule has 0 heterocycles. The van der Waals surface area contributed by atoms with E-state index < -0.39 is 17.6 Å². The van der Waals surface area contributed by atoms with Crippen LogP contribution in [0.4, 0.5) is 18.9 Å². The number of hydrogen-bond acceptors (Lipinski definition) is 2. The lowest BCUT2D eigenvalue weighted by molar-refractivity contribution is -0.137. The maximum atomic E-state index is 12.8. The van der Waals surface area contributed by atoms with E-state index in [4.69, 9.17) is 0 Å². The molecule has 2 nitrogen and oxygen atoms in total. The Morgan fingerprint density at radius 2 is 1.64 bits per heavy atom. The first-order valence-electron chi connectivity index (χ1n) is 6.61. The minimum atomic E-state index is -4.48. The van der Waals surface area contributed by atoms with Gasteiger partial charge in [-0.1, -0.05) is 30.3 Å². The highest BCUT2D eigenvalue weighted by Crippen LogP contribution is 2.34. The molecule has 0 atom stereocenters. The van der Waals surface area contributed by atoms with Crippen molar-refractivity contribution in [2.75, 3.05) is 11.1 Å². The molecule has 6 heteroatoms. The largest absolute Gasteiger partial charge is 0.418 e. The van der Waals surface area contributed by atoms with E-state index >= 15 is 0 Å². The minimum Gasteiger partial charge on any atom is -0.325 e.